The Morgan fingerprint density at radius 3 is 2.04 bits per heavy atom. The third-order valence-corrected chi connectivity index (χ3v) is 3.08. The van der Waals surface area contributed by atoms with Crippen LogP contribution in [0.25, 0.3) is 11.3 Å². The molecule has 1 aromatic carbocycles. The highest BCUT2D eigenvalue weighted by Crippen LogP contribution is 2.31. The number of rotatable bonds is 4. The Morgan fingerprint density at radius 1 is 0.870 bits per heavy atom. The summed E-state index contributed by atoms with van der Waals surface area (Å²) in [6.07, 6.45) is 0. The summed E-state index contributed by atoms with van der Waals surface area (Å²) in [6, 6.07) is 11.9. The van der Waals surface area contributed by atoms with Crippen LogP contribution in [0, 0.1) is 0 Å². The lowest BCUT2D eigenvalue weighted by atomic mass is 9.98. The van der Waals surface area contributed by atoms with Crippen molar-refractivity contribution in [2.75, 3.05) is 14.2 Å². The number of ether oxygens (including phenoxy) is 2. The Bertz CT molecular complexity index is 565. The van der Waals surface area contributed by atoms with E-state index in [1.165, 1.54) is 5.56 Å². The summed E-state index contributed by atoms with van der Waals surface area (Å²) >= 11 is 0. The molecule has 0 N–H and O–H groups in total. The second-order valence-electron chi connectivity index (χ2n) is 4.68. The lowest BCUT2D eigenvalue weighted by molar-refractivity contribution is 0.398. The summed E-state index contributed by atoms with van der Waals surface area (Å²) in [4.78, 5) is 4.45. The van der Waals surface area contributed by atoms with Gasteiger partial charge in [0.15, 0.2) is 0 Å². The second-order valence-corrected chi connectivity index (χ2v) is 4.68. The topological polar surface area (TPSA) is 31.4 Å². The zero-order chi connectivity index (χ0) is 17.8. The average molecular weight is 317 g/mol. The normalized spacial score (nSPS) is 9.26. The van der Waals surface area contributed by atoms with Gasteiger partial charge in [0.25, 0.3) is 0 Å². The van der Waals surface area contributed by atoms with E-state index in [1.54, 1.807) is 14.2 Å². The van der Waals surface area contributed by atoms with Crippen molar-refractivity contribution >= 4 is 0 Å². The minimum absolute atomic E-state index is 0.403. The van der Waals surface area contributed by atoms with E-state index in [9.17, 15) is 0 Å². The fraction of sp³-hybridized carbons (Fsp3) is 0.450. The molecular formula is C20H31NO2. The molecule has 0 unspecified atom stereocenters. The predicted octanol–water partition coefficient (Wildman–Crippen LogP) is 5.94. The molecule has 23 heavy (non-hydrogen) atoms. The van der Waals surface area contributed by atoms with E-state index in [2.05, 4.69) is 24.9 Å². The van der Waals surface area contributed by atoms with Gasteiger partial charge in [-0.3, -0.25) is 0 Å². The van der Waals surface area contributed by atoms with Gasteiger partial charge in [-0.15, -0.1) is 0 Å². The third kappa shape index (κ3) is 5.93. The first-order chi connectivity index (χ1) is 11.2. The van der Waals surface area contributed by atoms with Crippen LogP contribution < -0.4 is 9.47 Å². The largest absolute Gasteiger partial charge is 0.496 e. The van der Waals surface area contributed by atoms with Crippen molar-refractivity contribution in [2.45, 2.75) is 47.5 Å². The van der Waals surface area contributed by atoms with Crippen LogP contribution in [0.4, 0.5) is 0 Å². The van der Waals surface area contributed by atoms with Gasteiger partial charge < -0.3 is 9.47 Å². The van der Waals surface area contributed by atoms with Crippen LogP contribution in [-0.4, -0.2) is 19.2 Å². The molecule has 0 amide bonds. The van der Waals surface area contributed by atoms with E-state index in [1.807, 2.05) is 58.0 Å². The van der Waals surface area contributed by atoms with E-state index in [-0.39, 0.29) is 0 Å². The van der Waals surface area contributed by atoms with Gasteiger partial charge in [-0.05, 0) is 35.7 Å². The van der Waals surface area contributed by atoms with Crippen LogP contribution in [0.5, 0.6) is 11.6 Å². The van der Waals surface area contributed by atoms with Crippen molar-refractivity contribution in [3.8, 4) is 22.9 Å². The maximum absolute atomic E-state index is 5.40. The quantitative estimate of drug-likeness (QED) is 0.699. The molecule has 0 spiro atoms. The molecule has 3 nitrogen and oxygen atoms in total. The summed E-state index contributed by atoms with van der Waals surface area (Å²) in [5.74, 6) is 1.95. The number of nitrogens with zero attached hydrogens (tertiary/aromatic N) is 1. The Morgan fingerprint density at radius 2 is 1.52 bits per heavy atom. The van der Waals surface area contributed by atoms with E-state index in [4.69, 9.17) is 9.47 Å². The molecule has 128 valence electrons. The van der Waals surface area contributed by atoms with Gasteiger partial charge in [0.2, 0.25) is 5.88 Å². The smallest absolute Gasteiger partial charge is 0.213 e. The molecule has 2 rings (SSSR count). The number of aromatic nitrogens is 1. The molecule has 3 heteroatoms. The number of hydrogen-bond donors (Lipinski definition) is 0. The summed E-state index contributed by atoms with van der Waals surface area (Å²) in [5, 5.41) is 0. The van der Waals surface area contributed by atoms with Gasteiger partial charge in [-0.25, -0.2) is 4.98 Å². The van der Waals surface area contributed by atoms with Crippen LogP contribution >= 0.6 is 0 Å². The lowest BCUT2D eigenvalue weighted by Crippen LogP contribution is -1.96. The van der Waals surface area contributed by atoms with Crippen LogP contribution in [-0.2, 0) is 0 Å². The fourth-order valence-corrected chi connectivity index (χ4v) is 2.03. The molecule has 0 saturated heterocycles. The first-order valence-corrected chi connectivity index (χ1v) is 8.35. The Balaban J connectivity index is 0.00000112. The van der Waals surface area contributed by atoms with Gasteiger partial charge in [-0.1, -0.05) is 47.6 Å². The summed E-state index contributed by atoms with van der Waals surface area (Å²) in [6.45, 7) is 12.3. The molecule has 1 aromatic heterocycles. The Hall–Kier alpha value is -2.03. The minimum atomic E-state index is 0.403. The van der Waals surface area contributed by atoms with Crippen LogP contribution in [0.2, 0.25) is 0 Å². The van der Waals surface area contributed by atoms with Crippen LogP contribution in [0.1, 0.15) is 53.0 Å². The van der Waals surface area contributed by atoms with Crippen molar-refractivity contribution in [3.63, 3.8) is 0 Å². The lowest BCUT2D eigenvalue weighted by Gasteiger charge is -2.13. The highest BCUT2D eigenvalue weighted by Gasteiger charge is 2.10. The van der Waals surface area contributed by atoms with E-state index in [0.717, 1.165) is 17.0 Å². The summed E-state index contributed by atoms with van der Waals surface area (Å²) in [7, 11) is 3.32. The maximum Gasteiger partial charge on any atom is 0.213 e. The zero-order valence-corrected chi connectivity index (χ0v) is 15.8. The Labute approximate surface area is 141 Å². The van der Waals surface area contributed by atoms with Crippen molar-refractivity contribution in [3.05, 3.63) is 42.0 Å². The number of benzene rings is 1. The van der Waals surface area contributed by atoms with E-state index in [0.29, 0.717) is 11.8 Å². The molecule has 1 heterocycles. The number of pyridine rings is 1. The second kappa shape index (κ2) is 11.5. The molecule has 0 atom stereocenters. The standard InChI is InChI=1S/C16H19NO2.2C2H6/c1-11(2)13-10-12(8-9-15(13)18-3)14-6-5-7-16(17-14)19-4;2*1-2/h5-11H,1-4H3;2*1-2H3. The molecule has 0 aliphatic rings. The SMILES string of the molecule is CC.CC.COc1cccc(-c2ccc(OC)c(C(C)C)c2)n1. The van der Waals surface area contributed by atoms with Crippen molar-refractivity contribution < 1.29 is 9.47 Å². The predicted molar refractivity (Wildman–Crippen MR) is 99.6 cm³/mol. The van der Waals surface area contributed by atoms with E-state index < -0.39 is 0 Å². The number of hydrogen-bond acceptors (Lipinski definition) is 3. The van der Waals surface area contributed by atoms with E-state index >= 15 is 0 Å². The maximum atomic E-state index is 5.40. The van der Waals surface area contributed by atoms with Crippen LogP contribution in [0.3, 0.4) is 0 Å². The highest BCUT2D eigenvalue weighted by atomic mass is 16.5. The Kier molecular flexibility index (Phi) is 10.5. The van der Waals surface area contributed by atoms with Gasteiger partial charge >= 0.3 is 0 Å². The third-order valence-electron chi connectivity index (χ3n) is 3.08. The first kappa shape index (κ1) is 21.0. The van der Waals surface area contributed by atoms with Gasteiger partial charge in [0.1, 0.15) is 5.75 Å². The monoisotopic (exact) mass is 317 g/mol. The summed E-state index contributed by atoms with van der Waals surface area (Å²) < 4.78 is 10.6. The molecule has 0 aliphatic heterocycles. The first-order valence-electron chi connectivity index (χ1n) is 8.35. The molecule has 0 bridgehead atoms. The van der Waals surface area contributed by atoms with Crippen LogP contribution in [0.15, 0.2) is 36.4 Å². The van der Waals surface area contributed by atoms with Crippen molar-refractivity contribution in [1.82, 2.24) is 4.98 Å². The molecular weight excluding hydrogens is 286 g/mol. The van der Waals surface area contributed by atoms with Gasteiger partial charge in [0.05, 0.1) is 19.9 Å². The molecule has 0 saturated carbocycles. The van der Waals surface area contributed by atoms with Gasteiger partial charge in [-0.2, -0.15) is 0 Å². The zero-order valence-electron chi connectivity index (χ0n) is 15.8. The van der Waals surface area contributed by atoms with Crippen molar-refractivity contribution in [1.29, 1.82) is 0 Å². The summed E-state index contributed by atoms with van der Waals surface area (Å²) in [5.41, 5.74) is 3.16. The molecule has 0 fully saturated rings. The average Bonchev–Trinajstić information content (AvgIpc) is 2.64. The fourth-order valence-electron chi connectivity index (χ4n) is 2.03. The van der Waals surface area contributed by atoms with Gasteiger partial charge in [0, 0.05) is 11.6 Å². The molecule has 2 aromatic rings. The number of methoxy groups -OCH3 is 2. The highest BCUT2D eigenvalue weighted by molar-refractivity contribution is 5.63. The molecule has 0 radical (unpaired) electrons. The van der Waals surface area contributed by atoms with Crippen molar-refractivity contribution in [2.24, 2.45) is 0 Å². The minimum Gasteiger partial charge on any atom is -0.496 e. The molecule has 0 aliphatic carbocycles.